The minimum absolute atomic E-state index is 0.0250. The zero-order chi connectivity index (χ0) is 13.1. The number of amides is 2. The summed E-state index contributed by atoms with van der Waals surface area (Å²) in [4.78, 5) is 25.5. The van der Waals surface area contributed by atoms with Crippen LogP contribution >= 0.6 is 11.6 Å². The third-order valence-corrected chi connectivity index (χ3v) is 4.22. The van der Waals surface area contributed by atoms with E-state index >= 15 is 0 Å². The molecule has 1 atom stereocenters. The number of likely N-dealkylation sites (tertiary alicyclic amines) is 1. The van der Waals surface area contributed by atoms with E-state index in [2.05, 4.69) is 5.32 Å². The van der Waals surface area contributed by atoms with Crippen molar-refractivity contribution in [3.63, 3.8) is 0 Å². The molecule has 2 aliphatic rings. The summed E-state index contributed by atoms with van der Waals surface area (Å²) in [7, 11) is 0. The maximum atomic E-state index is 11.9. The van der Waals surface area contributed by atoms with E-state index in [0.29, 0.717) is 17.7 Å². The van der Waals surface area contributed by atoms with Crippen LogP contribution in [0.1, 0.15) is 32.6 Å². The maximum Gasteiger partial charge on any atom is 0.225 e. The van der Waals surface area contributed by atoms with Gasteiger partial charge in [-0.2, -0.15) is 0 Å². The highest BCUT2D eigenvalue weighted by Gasteiger charge is 2.35. The van der Waals surface area contributed by atoms with Crippen LogP contribution in [0, 0.1) is 11.8 Å². The van der Waals surface area contributed by atoms with Crippen molar-refractivity contribution in [3.05, 3.63) is 0 Å². The van der Waals surface area contributed by atoms with Gasteiger partial charge < -0.3 is 10.2 Å². The fourth-order valence-electron chi connectivity index (χ4n) is 2.25. The van der Waals surface area contributed by atoms with E-state index < -0.39 is 0 Å². The first-order valence-electron chi connectivity index (χ1n) is 6.77. The number of halogens is 1. The van der Waals surface area contributed by atoms with Crippen LogP contribution in [-0.4, -0.2) is 41.7 Å². The van der Waals surface area contributed by atoms with E-state index in [0.717, 1.165) is 38.8 Å². The van der Waals surface area contributed by atoms with Crippen LogP contribution in [0.3, 0.4) is 0 Å². The van der Waals surface area contributed by atoms with E-state index in [-0.39, 0.29) is 17.9 Å². The van der Waals surface area contributed by atoms with E-state index in [9.17, 15) is 9.59 Å². The minimum Gasteiger partial charge on any atom is -0.353 e. The molecule has 0 radical (unpaired) electrons. The smallest absolute Gasteiger partial charge is 0.225 e. The summed E-state index contributed by atoms with van der Waals surface area (Å²) < 4.78 is 0. The van der Waals surface area contributed by atoms with Crippen molar-refractivity contribution in [1.82, 2.24) is 10.2 Å². The number of hydrogen-bond acceptors (Lipinski definition) is 2. The molecule has 2 amide bonds. The van der Waals surface area contributed by atoms with Gasteiger partial charge in [0.25, 0.3) is 0 Å². The number of alkyl halides is 1. The molecule has 1 unspecified atom stereocenters. The fourth-order valence-corrected chi connectivity index (χ4v) is 2.39. The molecule has 1 saturated carbocycles. The summed E-state index contributed by atoms with van der Waals surface area (Å²) in [6, 6.07) is 0.200. The van der Waals surface area contributed by atoms with Crippen LogP contribution in [0.5, 0.6) is 0 Å². The van der Waals surface area contributed by atoms with Crippen molar-refractivity contribution in [2.45, 2.75) is 38.6 Å². The molecule has 0 bridgehead atoms. The number of hydrogen-bond donors (Lipinski definition) is 1. The van der Waals surface area contributed by atoms with E-state index in [1.54, 1.807) is 0 Å². The second-order valence-corrected chi connectivity index (χ2v) is 5.75. The summed E-state index contributed by atoms with van der Waals surface area (Å²) >= 11 is 5.66. The molecule has 0 aromatic rings. The number of nitrogens with one attached hydrogen (secondary N) is 1. The maximum absolute atomic E-state index is 11.9. The predicted octanol–water partition coefficient (Wildman–Crippen LogP) is 1.38. The SMILES string of the molecule is CC(CCl)C(=O)NC1CCN(C(=O)C2CC2)CC1. The Bertz CT molecular complexity index is 323. The largest absolute Gasteiger partial charge is 0.353 e. The van der Waals surface area contributed by atoms with Crippen LogP contribution < -0.4 is 5.32 Å². The molecule has 1 saturated heterocycles. The lowest BCUT2D eigenvalue weighted by Gasteiger charge is -2.33. The Kier molecular flexibility index (Phi) is 4.49. The molecule has 18 heavy (non-hydrogen) atoms. The summed E-state index contributed by atoms with van der Waals surface area (Å²) in [6.07, 6.45) is 3.84. The zero-order valence-corrected chi connectivity index (χ0v) is 11.6. The second-order valence-electron chi connectivity index (χ2n) is 5.44. The molecule has 0 spiro atoms. The number of carbonyl (C=O) groups excluding carboxylic acids is 2. The zero-order valence-electron chi connectivity index (χ0n) is 10.8. The van der Waals surface area contributed by atoms with E-state index in [1.807, 2.05) is 11.8 Å². The minimum atomic E-state index is -0.141. The van der Waals surface area contributed by atoms with Crippen LogP contribution in [0.4, 0.5) is 0 Å². The summed E-state index contributed by atoms with van der Waals surface area (Å²) in [5.74, 6) is 0.848. The highest BCUT2D eigenvalue weighted by atomic mass is 35.5. The van der Waals surface area contributed by atoms with Crippen LogP contribution in [0.15, 0.2) is 0 Å². The molecule has 2 fully saturated rings. The first-order chi connectivity index (χ1) is 8.61. The number of piperidine rings is 1. The molecule has 1 N–H and O–H groups in total. The van der Waals surface area contributed by atoms with Gasteiger partial charge in [0.2, 0.25) is 11.8 Å². The average molecular weight is 273 g/mol. The number of nitrogens with zero attached hydrogens (tertiary/aromatic N) is 1. The van der Waals surface area contributed by atoms with Crippen molar-refractivity contribution >= 4 is 23.4 Å². The van der Waals surface area contributed by atoms with Crippen LogP contribution in [-0.2, 0) is 9.59 Å². The Morgan fingerprint density at radius 1 is 1.28 bits per heavy atom. The van der Waals surface area contributed by atoms with Gasteiger partial charge in [0.1, 0.15) is 0 Å². The molecule has 0 aromatic heterocycles. The van der Waals surface area contributed by atoms with Gasteiger partial charge in [-0.05, 0) is 25.7 Å². The van der Waals surface area contributed by atoms with Gasteiger partial charge in [0, 0.05) is 36.8 Å². The van der Waals surface area contributed by atoms with E-state index in [4.69, 9.17) is 11.6 Å². The lowest BCUT2D eigenvalue weighted by molar-refractivity contribution is -0.133. The molecule has 4 nitrogen and oxygen atoms in total. The Morgan fingerprint density at radius 2 is 1.89 bits per heavy atom. The molecule has 102 valence electrons. The quantitative estimate of drug-likeness (QED) is 0.786. The van der Waals surface area contributed by atoms with Gasteiger partial charge in [-0.3, -0.25) is 9.59 Å². The van der Waals surface area contributed by atoms with Crippen molar-refractivity contribution in [2.24, 2.45) is 11.8 Å². The highest BCUT2D eigenvalue weighted by molar-refractivity contribution is 6.19. The van der Waals surface area contributed by atoms with Crippen molar-refractivity contribution in [3.8, 4) is 0 Å². The molecule has 5 heteroatoms. The lowest BCUT2D eigenvalue weighted by atomic mass is 10.0. The van der Waals surface area contributed by atoms with Gasteiger partial charge in [0.15, 0.2) is 0 Å². The van der Waals surface area contributed by atoms with Gasteiger partial charge in [-0.15, -0.1) is 11.6 Å². The molecular formula is C13H21ClN2O2. The number of rotatable bonds is 4. The van der Waals surface area contributed by atoms with Gasteiger partial charge in [-0.1, -0.05) is 6.92 Å². The average Bonchev–Trinajstić information content (AvgIpc) is 3.22. The van der Waals surface area contributed by atoms with Crippen molar-refractivity contribution in [1.29, 1.82) is 0 Å². The Hall–Kier alpha value is -0.770. The summed E-state index contributed by atoms with van der Waals surface area (Å²) in [6.45, 7) is 3.37. The summed E-state index contributed by atoms with van der Waals surface area (Å²) in [5.41, 5.74) is 0. The molecule has 1 aliphatic carbocycles. The first-order valence-corrected chi connectivity index (χ1v) is 7.30. The van der Waals surface area contributed by atoms with Crippen LogP contribution in [0.2, 0.25) is 0 Å². The number of carbonyl (C=O) groups is 2. The third kappa shape index (κ3) is 3.37. The third-order valence-electron chi connectivity index (χ3n) is 3.76. The van der Waals surface area contributed by atoms with Crippen molar-refractivity contribution < 1.29 is 9.59 Å². The monoisotopic (exact) mass is 272 g/mol. The van der Waals surface area contributed by atoms with Crippen molar-refractivity contribution in [2.75, 3.05) is 19.0 Å². The summed E-state index contributed by atoms with van der Waals surface area (Å²) in [5, 5.41) is 3.01. The molecular weight excluding hydrogens is 252 g/mol. The molecule has 1 heterocycles. The Morgan fingerprint density at radius 3 is 2.39 bits per heavy atom. The second kappa shape index (κ2) is 5.91. The molecule has 2 rings (SSSR count). The van der Waals surface area contributed by atoms with Gasteiger partial charge in [-0.25, -0.2) is 0 Å². The van der Waals surface area contributed by atoms with Gasteiger partial charge >= 0.3 is 0 Å². The van der Waals surface area contributed by atoms with E-state index in [1.165, 1.54) is 0 Å². The Balaban J connectivity index is 1.72. The lowest BCUT2D eigenvalue weighted by Crippen LogP contribution is -2.48. The molecule has 1 aliphatic heterocycles. The van der Waals surface area contributed by atoms with Gasteiger partial charge in [0.05, 0.1) is 0 Å². The highest BCUT2D eigenvalue weighted by Crippen LogP contribution is 2.31. The predicted molar refractivity (Wildman–Crippen MR) is 70.4 cm³/mol. The Labute approximate surface area is 113 Å². The molecule has 0 aromatic carbocycles. The normalized spacial score (nSPS) is 22.7. The fraction of sp³-hybridized carbons (Fsp3) is 0.846. The first kappa shape index (κ1) is 13.7. The van der Waals surface area contributed by atoms with Crippen LogP contribution in [0.25, 0.3) is 0 Å². The standard InChI is InChI=1S/C13H21ClN2O2/c1-9(8-14)12(17)15-11-4-6-16(7-5-11)13(18)10-2-3-10/h9-11H,2-8H2,1H3,(H,15,17). The topological polar surface area (TPSA) is 49.4 Å².